The Bertz CT molecular complexity index is 953. The van der Waals surface area contributed by atoms with Crippen molar-refractivity contribution in [2.24, 2.45) is 0 Å². The van der Waals surface area contributed by atoms with Gasteiger partial charge in [-0.3, -0.25) is 4.79 Å². The van der Waals surface area contributed by atoms with Crippen LogP contribution in [0.2, 0.25) is 0 Å². The number of furan rings is 2. The number of carbonyl (C=O) groups is 1. The van der Waals surface area contributed by atoms with E-state index in [-0.39, 0.29) is 12.5 Å². The molecule has 3 heterocycles. The van der Waals surface area contributed by atoms with Gasteiger partial charge in [0.1, 0.15) is 5.76 Å². The van der Waals surface area contributed by atoms with E-state index >= 15 is 0 Å². The van der Waals surface area contributed by atoms with Crippen molar-refractivity contribution >= 4 is 17.2 Å². The lowest BCUT2D eigenvalue weighted by Crippen LogP contribution is -2.41. The van der Waals surface area contributed by atoms with Crippen LogP contribution in [0.1, 0.15) is 21.7 Å². The molecule has 0 fully saturated rings. The lowest BCUT2D eigenvalue weighted by Gasteiger charge is -2.25. The van der Waals surface area contributed by atoms with E-state index in [0.29, 0.717) is 16.9 Å². The zero-order valence-electron chi connectivity index (χ0n) is 14.3. The van der Waals surface area contributed by atoms with E-state index in [1.54, 1.807) is 41.7 Å². The van der Waals surface area contributed by atoms with Gasteiger partial charge in [-0.25, -0.2) is 0 Å². The number of aliphatic hydroxyl groups is 1. The van der Waals surface area contributed by atoms with Gasteiger partial charge in [0.25, 0.3) is 5.91 Å². The first-order valence-corrected chi connectivity index (χ1v) is 9.31. The minimum atomic E-state index is -1.51. The average Bonchev–Trinajstić information content (AvgIpc) is 3.47. The van der Waals surface area contributed by atoms with Gasteiger partial charge >= 0.3 is 0 Å². The van der Waals surface area contributed by atoms with Crippen LogP contribution >= 0.6 is 11.3 Å². The minimum Gasteiger partial charge on any atom is -0.472 e. The Kier molecular flexibility index (Phi) is 4.66. The molecule has 4 rings (SSSR count). The molecule has 1 atom stereocenters. The fourth-order valence-electron chi connectivity index (χ4n) is 2.90. The molecule has 4 aromatic rings. The highest BCUT2D eigenvalue weighted by atomic mass is 32.1. The molecule has 0 saturated heterocycles. The van der Waals surface area contributed by atoms with E-state index in [1.165, 1.54) is 18.8 Å². The number of amides is 1. The molecule has 0 aliphatic carbocycles. The van der Waals surface area contributed by atoms with Crippen molar-refractivity contribution in [3.8, 4) is 11.1 Å². The molecule has 6 heteroatoms. The van der Waals surface area contributed by atoms with Crippen molar-refractivity contribution in [3.63, 3.8) is 0 Å². The summed E-state index contributed by atoms with van der Waals surface area (Å²) in [4.78, 5) is 12.6. The molecule has 1 amide bonds. The summed E-state index contributed by atoms with van der Waals surface area (Å²) in [6, 6.07) is 14.4. The second-order valence-electron chi connectivity index (χ2n) is 6.12. The van der Waals surface area contributed by atoms with Gasteiger partial charge in [-0.1, -0.05) is 12.1 Å². The predicted molar refractivity (Wildman–Crippen MR) is 103 cm³/mol. The van der Waals surface area contributed by atoms with Crippen LogP contribution in [0, 0.1) is 0 Å². The van der Waals surface area contributed by atoms with Gasteiger partial charge in [0, 0.05) is 11.1 Å². The third kappa shape index (κ3) is 3.45. The maximum Gasteiger partial charge on any atom is 0.251 e. The number of thiophene rings is 1. The van der Waals surface area contributed by atoms with E-state index in [2.05, 4.69) is 10.7 Å². The molecule has 27 heavy (non-hydrogen) atoms. The smallest absolute Gasteiger partial charge is 0.251 e. The summed E-state index contributed by atoms with van der Waals surface area (Å²) in [5.74, 6) is 0.0531. The molecule has 1 unspecified atom stereocenters. The fraction of sp³-hybridized carbons (Fsp3) is 0.0952. The SMILES string of the molecule is O=C(NCC(O)(c1ccoc1)c1ccco1)c1ccc(-c2ccsc2)cc1. The number of carbonyl (C=O) groups excluding carboxylic acids is 1. The standard InChI is InChI=1S/C21H17NO4S/c23-20(16-5-3-15(4-6-16)17-8-11-27-13-17)22-14-21(24,18-7-10-25-12-18)19-2-1-9-26-19/h1-13,24H,14H2,(H,22,23). The summed E-state index contributed by atoms with van der Waals surface area (Å²) < 4.78 is 10.5. The quantitative estimate of drug-likeness (QED) is 0.525. The van der Waals surface area contributed by atoms with Crippen LogP contribution in [0.5, 0.6) is 0 Å². The van der Waals surface area contributed by atoms with Gasteiger partial charge in [-0.2, -0.15) is 11.3 Å². The van der Waals surface area contributed by atoms with Gasteiger partial charge in [0.05, 0.1) is 25.3 Å². The van der Waals surface area contributed by atoms with Gasteiger partial charge < -0.3 is 19.3 Å². The Balaban J connectivity index is 1.50. The van der Waals surface area contributed by atoms with Gasteiger partial charge in [0.2, 0.25) is 0 Å². The summed E-state index contributed by atoms with van der Waals surface area (Å²) >= 11 is 1.63. The summed E-state index contributed by atoms with van der Waals surface area (Å²) in [6.07, 6.45) is 4.38. The topological polar surface area (TPSA) is 75.6 Å². The maximum atomic E-state index is 12.6. The molecular weight excluding hydrogens is 362 g/mol. The molecule has 3 aromatic heterocycles. The van der Waals surface area contributed by atoms with E-state index < -0.39 is 5.60 Å². The third-order valence-electron chi connectivity index (χ3n) is 4.43. The molecule has 0 radical (unpaired) electrons. The Labute approximate surface area is 159 Å². The Hall–Kier alpha value is -3.09. The van der Waals surface area contributed by atoms with E-state index in [0.717, 1.165) is 11.1 Å². The normalized spacial score (nSPS) is 13.2. The lowest BCUT2D eigenvalue weighted by molar-refractivity contribution is 0.0520. The molecule has 0 saturated carbocycles. The molecule has 0 bridgehead atoms. The summed E-state index contributed by atoms with van der Waals surface area (Å²) in [7, 11) is 0. The van der Waals surface area contributed by atoms with Gasteiger partial charge in [0.15, 0.2) is 5.60 Å². The van der Waals surface area contributed by atoms with Crippen LogP contribution < -0.4 is 5.32 Å². The van der Waals surface area contributed by atoms with Crippen LogP contribution in [0.15, 0.2) is 86.9 Å². The largest absolute Gasteiger partial charge is 0.472 e. The average molecular weight is 379 g/mol. The first-order valence-electron chi connectivity index (χ1n) is 8.37. The molecule has 1 aromatic carbocycles. The molecule has 0 aliphatic rings. The predicted octanol–water partition coefficient (Wildman–Crippen LogP) is 4.27. The van der Waals surface area contributed by atoms with Crippen LogP contribution in [0.25, 0.3) is 11.1 Å². The highest BCUT2D eigenvalue weighted by Crippen LogP contribution is 2.30. The Morgan fingerprint density at radius 3 is 2.56 bits per heavy atom. The Morgan fingerprint density at radius 1 is 1.07 bits per heavy atom. The Morgan fingerprint density at radius 2 is 1.93 bits per heavy atom. The number of rotatable bonds is 6. The molecule has 0 aliphatic heterocycles. The van der Waals surface area contributed by atoms with Crippen LogP contribution in [-0.4, -0.2) is 17.6 Å². The molecule has 5 nitrogen and oxygen atoms in total. The zero-order chi connectivity index (χ0) is 18.7. The third-order valence-corrected chi connectivity index (χ3v) is 5.12. The summed E-state index contributed by atoms with van der Waals surface area (Å²) in [6.45, 7) is -0.0504. The number of hydrogen-bond acceptors (Lipinski definition) is 5. The van der Waals surface area contributed by atoms with E-state index in [4.69, 9.17) is 8.83 Å². The number of benzene rings is 1. The highest BCUT2D eigenvalue weighted by molar-refractivity contribution is 7.08. The van der Waals surface area contributed by atoms with E-state index in [9.17, 15) is 9.90 Å². The minimum absolute atomic E-state index is 0.0504. The lowest BCUT2D eigenvalue weighted by atomic mass is 9.93. The monoisotopic (exact) mass is 379 g/mol. The van der Waals surface area contributed by atoms with Crippen LogP contribution in [-0.2, 0) is 5.60 Å². The highest BCUT2D eigenvalue weighted by Gasteiger charge is 2.36. The van der Waals surface area contributed by atoms with Crippen molar-refractivity contribution < 1.29 is 18.7 Å². The van der Waals surface area contributed by atoms with Crippen LogP contribution in [0.3, 0.4) is 0 Å². The molecular formula is C21H17NO4S. The second kappa shape index (κ2) is 7.26. The van der Waals surface area contributed by atoms with E-state index in [1.807, 2.05) is 23.6 Å². The zero-order valence-corrected chi connectivity index (χ0v) is 15.1. The van der Waals surface area contributed by atoms with Crippen molar-refractivity contribution in [3.05, 3.63) is 95.0 Å². The molecule has 136 valence electrons. The maximum absolute atomic E-state index is 12.6. The molecule has 0 spiro atoms. The fourth-order valence-corrected chi connectivity index (χ4v) is 3.56. The van der Waals surface area contributed by atoms with Crippen molar-refractivity contribution in [2.75, 3.05) is 6.54 Å². The summed E-state index contributed by atoms with van der Waals surface area (Å²) in [5, 5.41) is 18.0. The van der Waals surface area contributed by atoms with Gasteiger partial charge in [-0.15, -0.1) is 0 Å². The number of nitrogens with one attached hydrogen (secondary N) is 1. The first-order chi connectivity index (χ1) is 13.2. The van der Waals surface area contributed by atoms with Crippen LogP contribution in [0.4, 0.5) is 0 Å². The van der Waals surface area contributed by atoms with Crippen molar-refractivity contribution in [2.45, 2.75) is 5.60 Å². The second-order valence-corrected chi connectivity index (χ2v) is 6.90. The molecule has 2 N–H and O–H groups in total. The van der Waals surface area contributed by atoms with Gasteiger partial charge in [-0.05, 0) is 58.3 Å². The van der Waals surface area contributed by atoms with Crippen molar-refractivity contribution in [1.82, 2.24) is 5.32 Å². The summed E-state index contributed by atoms with van der Waals surface area (Å²) in [5.41, 5.74) is 1.69. The first kappa shape index (κ1) is 17.3. The van der Waals surface area contributed by atoms with Crippen molar-refractivity contribution in [1.29, 1.82) is 0 Å². The number of hydrogen-bond donors (Lipinski definition) is 2.